The minimum atomic E-state index is -1.25. The SMILES string of the molecule is O=C(O)CNC(=O)c1nc[nH]c1[N+](=O)[O-]. The number of imidazole rings is 1. The van der Waals surface area contributed by atoms with E-state index in [0.29, 0.717) is 0 Å². The molecule has 0 spiro atoms. The summed E-state index contributed by atoms with van der Waals surface area (Å²) in [5, 5.41) is 20.6. The number of aliphatic carboxylic acids is 1. The van der Waals surface area contributed by atoms with Crippen molar-refractivity contribution in [3.63, 3.8) is 0 Å². The van der Waals surface area contributed by atoms with Gasteiger partial charge in [0.1, 0.15) is 6.54 Å². The number of nitrogens with zero attached hydrogens (tertiary/aromatic N) is 2. The molecular formula is C6H6N4O5. The van der Waals surface area contributed by atoms with Crippen molar-refractivity contribution in [1.29, 1.82) is 0 Å². The smallest absolute Gasteiger partial charge is 0.353 e. The van der Waals surface area contributed by atoms with Crippen molar-refractivity contribution in [2.75, 3.05) is 6.54 Å². The molecule has 0 aliphatic heterocycles. The number of hydrogen-bond acceptors (Lipinski definition) is 5. The van der Waals surface area contributed by atoms with Gasteiger partial charge in [-0.05, 0) is 4.92 Å². The van der Waals surface area contributed by atoms with E-state index in [2.05, 4.69) is 9.97 Å². The van der Waals surface area contributed by atoms with Crippen molar-refractivity contribution in [3.8, 4) is 0 Å². The molecular weight excluding hydrogens is 208 g/mol. The van der Waals surface area contributed by atoms with Crippen molar-refractivity contribution in [3.05, 3.63) is 22.1 Å². The van der Waals surface area contributed by atoms with Crippen LogP contribution in [0.15, 0.2) is 6.33 Å². The Balaban J connectivity index is 2.78. The van der Waals surface area contributed by atoms with E-state index in [1.165, 1.54) is 0 Å². The maximum absolute atomic E-state index is 11.2. The number of carboxylic acid groups (broad SMARTS) is 1. The summed E-state index contributed by atoms with van der Waals surface area (Å²) < 4.78 is 0. The van der Waals surface area contributed by atoms with Crippen molar-refractivity contribution >= 4 is 17.7 Å². The molecule has 3 N–H and O–H groups in total. The Morgan fingerprint density at radius 3 is 2.87 bits per heavy atom. The zero-order valence-corrected chi connectivity index (χ0v) is 7.26. The summed E-state index contributed by atoms with van der Waals surface area (Å²) in [6, 6.07) is 0. The van der Waals surface area contributed by atoms with E-state index < -0.39 is 34.9 Å². The molecule has 0 bridgehead atoms. The lowest BCUT2D eigenvalue weighted by Gasteiger charge is -1.98. The van der Waals surface area contributed by atoms with Gasteiger partial charge in [0.15, 0.2) is 6.33 Å². The molecule has 9 heteroatoms. The van der Waals surface area contributed by atoms with Crippen LogP contribution < -0.4 is 5.32 Å². The van der Waals surface area contributed by atoms with E-state index in [4.69, 9.17) is 5.11 Å². The highest BCUT2D eigenvalue weighted by atomic mass is 16.6. The van der Waals surface area contributed by atoms with Crippen LogP contribution in [0.1, 0.15) is 10.5 Å². The van der Waals surface area contributed by atoms with E-state index in [1.807, 2.05) is 5.32 Å². The molecule has 1 aromatic heterocycles. The summed E-state index contributed by atoms with van der Waals surface area (Å²) in [5.41, 5.74) is -0.443. The Hall–Kier alpha value is -2.45. The molecule has 1 amide bonds. The summed E-state index contributed by atoms with van der Waals surface area (Å²) in [6.45, 7) is -0.622. The number of nitrogens with one attached hydrogen (secondary N) is 2. The van der Waals surface area contributed by atoms with E-state index in [9.17, 15) is 19.7 Å². The van der Waals surface area contributed by atoms with Crippen molar-refractivity contribution < 1.29 is 19.6 Å². The van der Waals surface area contributed by atoms with Gasteiger partial charge in [0, 0.05) is 0 Å². The molecule has 0 unspecified atom stereocenters. The van der Waals surface area contributed by atoms with Crippen LogP contribution in [-0.4, -0.2) is 38.4 Å². The number of aromatic nitrogens is 2. The first-order chi connectivity index (χ1) is 7.02. The van der Waals surface area contributed by atoms with Gasteiger partial charge in [0.2, 0.25) is 5.69 Å². The average molecular weight is 214 g/mol. The number of nitro groups is 1. The van der Waals surface area contributed by atoms with Gasteiger partial charge in [-0.2, -0.15) is 0 Å². The molecule has 1 rings (SSSR count). The molecule has 0 saturated heterocycles. The molecule has 0 atom stereocenters. The second-order valence-corrected chi connectivity index (χ2v) is 2.43. The van der Waals surface area contributed by atoms with Crippen LogP contribution in [0.5, 0.6) is 0 Å². The Labute approximate surface area is 82.3 Å². The highest BCUT2D eigenvalue weighted by Gasteiger charge is 2.22. The van der Waals surface area contributed by atoms with E-state index in [0.717, 1.165) is 6.33 Å². The van der Waals surface area contributed by atoms with Crippen molar-refractivity contribution in [2.24, 2.45) is 0 Å². The van der Waals surface area contributed by atoms with Crippen LogP contribution in [0.4, 0.5) is 5.82 Å². The van der Waals surface area contributed by atoms with Crippen molar-refractivity contribution in [1.82, 2.24) is 15.3 Å². The number of carboxylic acids is 1. The zero-order chi connectivity index (χ0) is 11.4. The Kier molecular flexibility index (Phi) is 2.96. The molecule has 1 heterocycles. The van der Waals surface area contributed by atoms with Crippen LogP contribution in [0.25, 0.3) is 0 Å². The first kappa shape index (κ1) is 10.6. The quantitative estimate of drug-likeness (QED) is 0.440. The zero-order valence-electron chi connectivity index (χ0n) is 7.26. The molecule has 0 radical (unpaired) electrons. The third-order valence-corrected chi connectivity index (χ3v) is 1.42. The maximum Gasteiger partial charge on any atom is 0.353 e. The Morgan fingerprint density at radius 1 is 1.67 bits per heavy atom. The first-order valence-corrected chi connectivity index (χ1v) is 3.70. The van der Waals surface area contributed by atoms with Crippen LogP contribution in [0, 0.1) is 10.1 Å². The second kappa shape index (κ2) is 4.17. The van der Waals surface area contributed by atoms with Gasteiger partial charge in [-0.3, -0.25) is 9.59 Å². The highest BCUT2D eigenvalue weighted by Crippen LogP contribution is 2.11. The monoisotopic (exact) mass is 214 g/mol. The molecule has 0 fully saturated rings. The number of H-pyrrole nitrogens is 1. The van der Waals surface area contributed by atoms with Gasteiger partial charge in [0.05, 0.1) is 0 Å². The lowest BCUT2D eigenvalue weighted by molar-refractivity contribution is -0.389. The fourth-order valence-electron chi connectivity index (χ4n) is 0.832. The predicted molar refractivity (Wildman–Crippen MR) is 45.2 cm³/mol. The van der Waals surface area contributed by atoms with E-state index >= 15 is 0 Å². The molecule has 0 aliphatic rings. The molecule has 15 heavy (non-hydrogen) atoms. The Bertz CT molecular complexity index is 411. The molecule has 80 valence electrons. The van der Waals surface area contributed by atoms with Gasteiger partial charge in [-0.15, -0.1) is 0 Å². The number of carbonyl (C=O) groups excluding carboxylic acids is 1. The third kappa shape index (κ3) is 2.49. The Morgan fingerprint density at radius 2 is 2.33 bits per heavy atom. The highest BCUT2D eigenvalue weighted by molar-refractivity contribution is 5.96. The molecule has 1 aromatic rings. The topological polar surface area (TPSA) is 138 Å². The minimum Gasteiger partial charge on any atom is -0.480 e. The van der Waals surface area contributed by atoms with Crippen molar-refractivity contribution in [2.45, 2.75) is 0 Å². The molecule has 9 nitrogen and oxygen atoms in total. The fraction of sp³-hybridized carbons (Fsp3) is 0.167. The number of carbonyl (C=O) groups is 2. The van der Waals surface area contributed by atoms with Crippen LogP contribution in [-0.2, 0) is 4.79 Å². The second-order valence-electron chi connectivity index (χ2n) is 2.43. The lowest BCUT2D eigenvalue weighted by atomic mass is 10.4. The molecule has 0 aliphatic carbocycles. The summed E-state index contributed by atoms with van der Waals surface area (Å²) in [6.07, 6.45) is 0.980. The summed E-state index contributed by atoms with van der Waals surface area (Å²) >= 11 is 0. The van der Waals surface area contributed by atoms with Crippen LogP contribution >= 0.6 is 0 Å². The molecule has 0 aromatic carbocycles. The standard InChI is InChI=1S/C6H6N4O5/c11-3(12)1-7-6(13)4-5(10(14)15)9-2-8-4/h2H,1H2,(H,7,13)(H,8,9)(H,11,12). The fourth-order valence-corrected chi connectivity index (χ4v) is 0.832. The van der Waals surface area contributed by atoms with Gasteiger partial charge < -0.3 is 20.5 Å². The maximum atomic E-state index is 11.2. The number of hydrogen-bond donors (Lipinski definition) is 3. The first-order valence-electron chi connectivity index (χ1n) is 3.70. The minimum absolute atomic E-state index is 0.443. The van der Waals surface area contributed by atoms with E-state index in [-0.39, 0.29) is 0 Å². The van der Waals surface area contributed by atoms with Crippen LogP contribution in [0.3, 0.4) is 0 Å². The van der Waals surface area contributed by atoms with Gasteiger partial charge in [-0.1, -0.05) is 0 Å². The summed E-state index contributed by atoms with van der Waals surface area (Å²) in [7, 11) is 0. The third-order valence-electron chi connectivity index (χ3n) is 1.42. The summed E-state index contributed by atoms with van der Waals surface area (Å²) in [5.74, 6) is -2.73. The average Bonchev–Trinajstić information content (AvgIpc) is 2.62. The van der Waals surface area contributed by atoms with E-state index in [1.54, 1.807) is 0 Å². The number of rotatable bonds is 4. The summed E-state index contributed by atoms with van der Waals surface area (Å²) in [4.78, 5) is 36.4. The largest absolute Gasteiger partial charge is 0.480 e. The van der Waals surface area contributed by atoms with Gasteiger partial charge in [-0.25, -0.2) is 9.97 Å². The normalized spacial score (nSPS) is 9.60. The van der Waals surface area contributed by atoms with Gasteiger partial charge >= 0.3 is 11.8 Å². The number of aromatic amines is 1. The van der Waals surface area contributed by atoms with Crippen LogP contribution in [0.2, 0.25) is 0 Å². The predicted octanol–water partition coefficient (Wildman–Crippen LogP) is -0.868. The molecule has 0 saturated carbocycles. The number of amides is 1. The van der Waals surface area contributed by atoms with Gasteiger partial charge in [0.25, 0.3) is 5.91 Å². The lowest BCUT2D eigenvalue weighted by Crippen LogP contribution is -2.29.